The number of alkyl halides is 3. The van der Waals surface area contributed by atoms with Crippen LogP contribution in [0.2, 0.25) is 0 Å². The summed E-state index contributed by atoms with van der Waals surface area (Å²) in [6.07, 6.45) is 3.25. The van der Waals surface area contributed by atoms with E-state index >= 15 is 0 Å². The molecule has 1 saturated heterocycles. The van der Waals surface area contributed by atoms with Gasteiger partial charge in [0, 0.05) is 43.8 Å². The fourth-order valence-corrected chi connectivity index (χ4v) is 4.22. The maximum atomic E-state index is 12.7. The Balaban J connectivity index is 1.18. The second kappa shape index (κ2) is 7.89. The summed E-state index contributed by atoms with van der Waals surface area (Å²) in [7, 11) is 0. The number of hydrogen-bond acceptors (Lipinski definition) is 3. The van der Waals surface area contributed by atoms with Crippen LogP contribution in [-0.4, -0.2) is 30.5 Å². The third-order valence-electron chi connectivity index (χ3n) is 5.82. The van der Waals surface area contributed by atoms with Gasteiger partial charge in [0.25, 0.3) is 0 Å². The van der Waals surface area contributed by atoms with Crippen LogP contribution in [0.5, 0.6) is 0 Å². The fraction of sp³-hybridized carbons (Fsp3) is 0.364. The third kappa shape index (κ3) is 4.60. The summed E-state index contributed by atoms with van der Waals surface area (Å²) in [5, 5.41) is 2.91. The van der Waals surface area contributed by atoms with E-state index in [9.17, 15) is 18.0 Å². The highest BCUT2D eigenvalue weighted by Gasteiger charge is 2.54. The highest BCUT2D eigenvalue weighted by atomic mass is 19.4. The first-order chi connectivity index (χ1) is 13.9. The van der Waals surface area contributed by atoms with Gasteiger partial charge in [-0.05, 0) is 66.1 Å². The number of carbonyl (C=O) groups excluding carboxylic acids is 1. The van der Waals surface area contributed by atoms with Crippen LogP contribution in [-0.2, 0) is 11.0 Å². The average molecular weight is 401 g/mol. The second-order valence-corrected chi connectivity index (χ2v) is 7.64. The Bertz CT molecular complexity index is 868. The maximum Gasteiger partial charge on any atom is 0.416 e. The summed E-state index contributed by atoms with van der Waals surface area (Å²) < 4.78 is 38.0. The lowest BCUT2D eigenvalue weighted by Crippen LogP contribution is -2.26. The molecule has 1 amide bonds. The third-order valence-corrected chi connectivity index (χ3v) is 5.82. The lowest BCUT2D eigenvalue weighted by atomic mass is 10.1. The molecule has 4 nitrogen and oxygen atoms in total. The lowest BCUT2D eigenvalue weighted by Gasteiger charge is -2.22. The number of pyridine rings is 1. The SMILES string of the molecule is O=C(/C=C/c1cccnc1)NCCC1C2CN(c3ccc(C(F)(F)F)cc3)CC12. The predicted octanol–water partition coefficient (Wildman–Crippen LogP) is 4.00. The largest absolute Gasteiger partial charge is 0.416 e. The molecule has 2 unspecified atom stereocenters. The molecule has 152 valence electrons. The molecule has 2 aromatic rings. The van der Waals surface area contributed by atoms with Crippen molar-refractivity contribution in [1.29, 1.82) is 0 Å². The highest BCUT2D eigenvalue weighted by Crippen LogP contribution is 2.54. The molecule has 1 aromatic carbocycles. The topological polar surface area (TPSA) is 45.2 Å². The van der Waals surface area contributed by atoms with Crippen LogP contribution in [0.3, 0.4) is 0 Å². The number of halogens is 3. The van der Waals surface area contributed by atoms with Gasteiger partial charge in [0.2, 0.25) is 5.91 Å². The van der Waals surface area contributed by atoms with Gasteiger partial charge < -0.3 is 10.2 Å². The van der Waals surface area contributed by atoms with Gasteiger partial charge in [-0.1, -0.05) is 6.07 Å². The first-order valence-corrected chi connectivity index (χ1v) is 9.70. The van der Waals surface area contributed by atoms with E-state index in [1.165, 1.54) is 6.08 Å². The summed E-state index contributed by atoms with van der Waals surface area (Å²) >= 11 is 0. The highest BCUT2D eigenvalue weighted by molar-refractivity contribution is 5.91. The molecule has 2 heterocycles. The molecule has 0 bridgehead atoms. The van der Waals surface area contributed by atoms with Gasteiger partial charge >= 0.3 is 6.18 Å². The number of carbonyl (C=O) groups is 1. The minimum Gasteiger partial charge on any atom is -0.371 e. The predicted molar refractivity (Wildman–Crippen MR) is 105 cm³/mol. The van der Waals surface area contributed by atoms with Crippen molar-refractivity contribution in [3.8, 4) is 0 Å². The Morgan fingerprint density at radius 2 is 1.90 bits per heavy atom. The number of hydrogen-bond donors (Lipinski definition) is 1. The molecule has 2 fully saturated rings. The van der Waals surface area contributed by atoms with Crippen molar-refractivity contribution < 1.29 is 18.0 Å². The molecule has 2 aliphatic rings. The van der Waals surface area contributed by atoms with Crippen molar-refractivity contribution >= 4 is 17.7 Å². The lowest BCUT2D eigenvalue weighted by molar-refractivity contribution is -0.137. The van der Waals surface area contributed by atoms with Crippen LogP contribution in [0, 0.1) is 17.8 Å². The average Bonchev–Trinajstić information content (AvgIpc) is 3.15. The molecule has 2 atom stereocenters. The molecular formula is C22H22F3N3O. The van der Waals surface area contributed by atoms with Crippen molar-refractivity contribution in [2.24, 2.45) is 17.8 Å². The van der Waals surface area contributed by atoms with Gasteiger partial charge in [-0.25, -0.2) is 0 Å². The molecule has 29 heavy (non-hydrogen) atoms. The number of piperidine rings is 1. The Labute approximate surface area is 167 Å². The quantitative estimate of drug-likeness (QED) is 0.745. The molecule has 7 heteroatoms. The number of nitrogens with one attached hydrogen (secondary N) is 1. The summed E-state index contributed by atoms with van der Waals surface area (Å²) in [4.78, 5) is 18.0. The molecule has 4 rings (SSSR count). The van der Waals surface area contributed by atoms with Crippen molar-refractivity contribution in [1.82, 2.24) is 10.3 Å². The van der Waals surface area contributed by atoms with Gasteiger partial charge in [-0.3, -0.25) is 9.78 Å². The van der Waals surface area contributed by atoms with E-state index in [2.05, 4.69) is 15.2 Å². The summed E-state index contributed by atoms with van der Waals surface area (Å²) in [6.45, 7) is 2.37. The fourth-order valence-electron chi connectivity index (χ4n) is 4.22. The zero-order valence-corrected chi connectivity index (χ0v) is 15.8. The second-order valence-electron chi connectivity index (χ2n) is 7.64. The molecule has 1 saturated carbocycles. The Hall–Kier alpha value is -2.83. The van der Waals surface area contributed by atoms with Crippen LogP contribution >= 0.6 is 0 Å². The van der Waals surface area contributed by atoms with E-state index in [4.69, 9.17) is 0 Å². The van der Waals surface area contributed by atoms with Crippen LogP contribution in [0.25, 0.3) is 6.08 Å². The molecule has 1 aromatic heterocycles. The van der Waals surface area contributed by atoms with E-state index in [-0.39, 0.29) is 5.91 Å². The molecule has 0 spiro atoms. The van der Waals surface area contributed by atoms with Crippen molar-refractivity contribution in [2.45, 2.75) is 12.6 Å². The number of fused-ring (bicyclic) bond motifs is 1. The van der Waals surface area contributed by atoms with E-state index in [0.29, 0.717) is 24.3 Å². The van der Waals surface area contributed by atoms with Crippen LogP contribution < -0.4 is 10.2 Å². The normalized spacial score (nSPS) is 23.3. The minimum atomic E-state index is -4.30. The first-order valence-electron chi connectivity index (χ1n) is 9.70. The van der Waals surface area contributed by atoms with Crippen LogP contribution in [0.15, 0.2) is 54.9 Å². The van der Waals surface area contributed by atoms with E-state index in [1.807, 2.05) is 12.1 Å². The Morgan fingerprint density at radius 1 is 1.17 bits per heavy atom. The number of anilines is 1. The standard InChI is InChI=1S/C22H22F3N3O/c23-22(24,25)16-4-6-17(7-5-16)28-13-19-18(20(19)14-28)9-11-27-21(29)8-3-15-2-1-10-26-12-15/h1-8,10,12,18-20H,9,11,13-14H2,(H,27,29)/b8-3+. The minimum absolute atomic E-state index is 0.119. The number of rotatable bonds is 6. The summed E-state index contributed by atoms with van der Waals surface area (Å²) in [5.74, 6) is 1.61. The van der Waals surface area contributed by atoms with Gasteiger partial charge in [-0.2, -0.15) is 13.2 Å². The number of amides is 1. The first kappa shape index (κ1) is 19.5. The Morgan fingerprint density at radius 3 is 2.52 bits per heavy atom. The van der Waals surface area contributed by atoms with E-state index < -0.39 is 11.7 Å². The van der Waals surface area contributed by atoms with Gasteiger partial charge in [0.05, 0.1) is 5.56 Å². The molecule has 1 aliphatic heterocycles. The molecular weight excluding hydrogens is 379 g/mol. The van der Waals surface area contributed by atoms with Gasteiger partial charge in [0.1, 0.15) is 0 Å². The molecule has 1 aliphatic carbocycles. The van der Waals surface area contributed by atoms with Crippen molar-refractivity contribution in [2.75, 3.05) is 24.5 Å². The summed E-state index contributed by atoms with van der Waals surface area (Å²) in [6, 6.07) is 9.09. The smallest absolute Gasteiger partial charge is 0.371 e. The van der Waals surface area contributed by atoms with E-state index in [1.54, 1.807) is 30.6 Å². The molecule has 1 N–H and O–H groups in total. The van der Waals surface area contributed by atoms with Crippen LogP contribution in [0.1, 0.15) is 17.5 Å². The monoisotopic (exact) mass is 401 g/mol. The van der Waals surface area contributed by atoms with Crippen molar-refractivity contribution in [3.05, 3.63) is 66.0 Å². The van der Waals surface area contributed by atoms with Crippen molar-refractivity contribution in [3.63, 3.8) is 0 Å². The Kier molecular flexibility index (Phi) is 5.30. The van der Waals surface area contributed by atoms with Crippen LogP contribution in [0.4, 0.5) is 18.9 Å². The van der Waals surface area contributed by atoms with E-state index in [0.717, 1.165) is 42.9 Å². The number of nitrogens with zero attached hydrogens (tertiary/aromatic N) is 2. The van der Waals surface area contributed by atoms with Gasteiger partial charge in [0.15, 0.2) is 0 Å². The zero-order valence-electron chi connectivity index (χ0n) is 15.8. The number of benzene rings is 1. The maximum absolute atomic E-state index is 12.7. The zero-order chi connectivity index (χ0) is 20.4. The number of aromatic nitrogens is 1. The summed E-state index contributed by atoms with van der Waals surface area (Å²) in [5.41, 5.74) is 1.11. The molecule has 0 radical (unpaired) electrons. The van der Waals surface area contributed by atoms with Gasteiger partial charge in [-0.15, -0.1) is 0 Å².